The Morgan fingerprint density at radius 1 is 1.39 bits per heavy atom. The highest BCUT2D eigenvalue weighted by Gasteiger charge is 2.07. The maximum absolute atomic E-state index is 12.0. The first-order chi connectivity index (χ1) is 8.72. The van der Waals surface area contributed by atoms with Crippen LogP contribution >= 0.6 is 0 Å². The van der Waals surface area contributed by atoms with Crippen molar-refractivity contribution in [1.82, 2.24) is 10.3 Å². The summed E-state index contributed by atoms with van der Waals surface area (Å²) in [6, 6.07) is 6.57. The summed E-state index contributed by atoms with van der Waals surface area (Å²) >= 11 is 0. The second-order valence-electron chi connectivity index (χ2n) is 3.59. The molecule has 18 heavy (non-hydrogen) atoms. The Morgan fingerprint density at radius 2 is 2.17 bits per heavy atom. The van der Waals surface area contributed by atoms with Crippen LogP contribution in [0.15, 0.2) is 35.3 Å². The normalized spacial score (nSPS) is 9.72. The molecule has 0 spiro atoms. The van der Waals surface area contributed by atoms with Crippen molar-refractivity contribution in [3.8, 4) is 12.3 Å². The van der Waals surface area contributed by atoms with Gasteiger partial charge in [-0.3, -0.25) is 4.79 Å². The summed E-state index contributed by atoms with van der Waals surface area (Å²) in [7, 11) is 0. The smallest absolute Gasteiger partial charge is 0.320 e. The van der Waals surface area contributed by atoms with Crippen molar-refractivity contribution in [3.05, 3.63) is 40.7 Å². The third-order valence-electron chi connectivity index (χ3n) is 2.39. The molecule has 2 rings (SSSR count). The summed E-state index contributed by atoms with van der Waals surface area (Å²) in [6.07, 6.45) is 6.47. The van der Waals surface area contributed by atoms with Gasteiger partial charge in [-0.15, -0.1) is 6.42 Å². The highest BCUT2D eigenvalue weighted by Crippen LogP contribution is 2.09. The summed E-state index contributed by atoms with van der Waals surface area (Å²) in [6.45, 7) is 0.108. The van der Waals surface area contributed by atoms with Crippen LogP contribution in [0.1, 0.15) is 0 Å². The molecular formula is C13H11N3O2. The number of hydrogen-bond donors (Lipinski definition) is 3. The number of carbonyl (C=O) groups is 1. The summed E-state index contributed by atoms with van der Waals surface area (Å²) < 4.78 is 0. The number of carbonyl (C=O) groups excluding carboxylic acids is 1. The number of nitrogens with one attached hydrogen (secondary N) is 3. The van der Waals surface area contributed by atoms with E-state index in [9.17, 15) is 9.59 Å². The quantitative estimate of drug-likeness (QED) is 0.693. The zero-order chi connectivity index (χ0) is 13.0. The Balaban J connectivity index is 2.30. The van der Waals surface area contributed by atoms with Gasteiger partial charge < -0.3 is 15.6 Å². The number of fused-ring (bicyclic) bond motifs is 1. The first-order valence-electron chi connectivity index (χ1n) is 5.31. The van der Waals surface area contributed by atoms with Crippen molar-refractivity contribution in [1.29, 1.82) is 0 Å². The molecule has 0 unspecified atom stereocenters. The van der Waals surface area contributed by atoms with Gasteiger partial charge in [0.1, 0.15) is 5.69 Å². The standard InChI is InChI=1S/C13H11N3O2/c1-2-7-14-13(18)16-11-8-15-10-6-4-3-5-9(10)12(11)17/h1,3-6,8H,7H2,(H,15,17)(H2,14,16,18). The average molecular weight is 241 g/mol. The molecule has 1 heterocycles. The third-order valence-corrected chi connectivity index (χ3v) is 2.39. The number of H-pyrrole nitrogens is 1. The van der Waals surface area contributed by atoms with Gasteiger partial charge in [0.05, 0.1) is 6.54 Å². The Bertz CT molecular complexity index is 682. The molecule has 2 amide bonds. The Hall–Kier alpha value is -2.74. The molecule has 5 nitrogen and oxygen atoms in total. The number of hydrogen-bond acceptors (Lipinski definition) is 2. The van der Waals surface area contributed by atoms with Crippen molar-refractivity contribution in [2.75, 3.05) is 11.9 Å². The highest BCUT2D eigenvalue weighted by atomic mass is 16.2. The van der Waals surface area contributed by atoms with Crippen LogP contribution in [0, 0.1) is 12.3 Å². The molecule has 0 bridgehead atoms. The first kappa shape index (κ1) is 11.7. The van der Waals surface area contributed by atoms with E-state index in [1.54, 1.807) is 18.2 Å². The Labute approximate surface area is 103 Å². The van der Waals surface area contributed by atoms with Crippen LogP contribution in [0.3, 0.4) is 0 Å². The van der Waals surface area contributed by atoms with E-state index in [2.05, 4.69) is 21.5 Å². The lowest BCUT2D eigenvalue weighted by Gasteiger charge is -2.05. The monoisotopic (exact) mass is 241 g/mol. The molecule has 1 aromatic heterocycles. The van der Waals surface area contributed by atoms with E-state index in [-0.39, 0.29) is 17.7 Å². The number of amides is 2. The van der Waals surface area contributed by atoms with Gasteiger partial charge in [-0.1, -0.05) is 18.1 Å². The van der Waals surface area contributed by atoms with E-state index in [0.717, 1.165) is 5.52 Å². The summed E-state index contributed by atoms with van der Waals surface area (Å²) in [5.74, 6) is 2.27. The number of benzene rings is 1. The van der Waals surface area contributed by atoms with Gasteiger partial charge in [0, 0.05) is 17.1 Å². The van der Waals surface area contributed by atoms with Crippen molar-refractivity contribution in [2.45, 2.75) is 0 Å². The Morgan fingerprint density at radius 3 is 2.94 bits per heavy atom. The zero-order valence-corrected chi connectivity index (χ0v) is 9.49. The third kappa shape index (κ3) is 2.33. The molecule has 3 N–H and O–H groups in total. The van der Waals surface area contributed by atoms with Crippen molar-refractivity contribution in [2.24, 2.45) is 0 Å². The SMILES string of the molecule is C#CCNC(=O)Nc1c[nH]c2ccccc2c1=O. The molecule has 0 aliphatic rings. The molecule has 0 fully saturated rings. The molecule has 0 atom stereocenters. The summed E-state index contributed by atoms with van der Waals surface area (Å²) in [4.78, 5) is 26.4. The highest BCUT2D eigenvalue weighted by molar-refractivity contribution is 5.91. The molecule has 2 aromatic rings. The van der Waals surface area contributed by atoms with E-state index < -0.39 is 6.03 Å². The molecule has 0 saturated carbocycles. The minimum Gasteiger partial charge on any atom is -0.359 e. The fraction of sp³-hybridized carbons (Fsp3) is 0.0769. The van der Waals surface area contributed by atoms with E-state index >= 15 is 0 Å². The average Bonchev–Trinajstić information content (AvgIpc) is 2.40. The topological polar surface area (TPSA) is 74.0 Å². The van der Waals surface area contributed by atoms with Crippen LogP contribution in [0.25, 0.3) is 10.9 Å². The van der Waals surface area contributed by atoms with Gasteiger partial charge in [0.15, 0.2) is 0 Å². The van der Waals surface area contributed by atoms with Crippen LogP contribution in [-0.4, -0.2) is 17.6 Å². The number of urea groups is 1. The van der Waals surface area contributed by atoms with E-state index in [1.807, 2.05) is 6.07 Å². The number of rotatable bonds is 2. The number of anilines is 1. The van der Waals surface area contributed by atoms with Gasteiger partial charge in [-0.25, -0.2) is 4.79 Å². The van der Waals surface area contributed by atoms with Gasteiger partial charge in [-0.05, 0) is 12.1 Å². The maximum Gasteiger partial charge on any atom is 0.320 e. The van der Waals surface area contributed by atoms with E-state index in [1.165, 1.54) is 6.20 Å². The fourth-order valence-electron chi connectivity index (χ4n) is 1.56. The molecule has 5 heteroatoms. The molecule has 0 aliphatic heterocycles. The zero-order valence-electron chi connectivity index (χ0n) is 9.49. The molecule has 0 aliphatic carbocycles. The van der Waals surface area contributed by atoms with Crippen molar-refractivity contribution >= 4 is 22.6 Å². The van der Waals surface area contributed by atoms with Crippen LogP contribution < -0.4 is 16.1 Å². The van der Waals surface area contributed by atoms with Crippen LogP contribution in [-0.2, 0) is 0 Å². The van der Waals surface area contributed by atoms with E-state index in [0.29, 0.717) is 5.39 Å². The first-order valence-corrected chi connectivity index (χ1v) is 5.31. The Kier molecular flexibility index (Phi) is 3.30. The minimum atomic E-state index is -0.506. The van der Waals surface area contributed by atoms with Gasteiger partial charge in [0.2, 0.25) is 5.43 Å². The molecule has 0 radical (unpaired) electrons. The largest absolute Gasteiger partial charge is 0.359 e. The summed E-state index contributed by atoms with van der Waals surface area (Å²) in [5, 5.41) is 5.39. The maximum atomic E-state index is 12.0. The number of para-hydroxylation sites is 1. The van der Waals surface area contributed by atoms with Crippen molar-refractivity contribution < 1.29 is 4.79 Å². The fourth-order valence-corrected chi connectivity index (χ4v) is 1.56. The molecular weight excluding hydrogens is 230 g/mol. The predicted octanol–water partition coefficient (Wildman–Crippen LogP) is 1.28. The summed E-state index contributed by atoms with van der Waals surface area (Å²) in [5.41, 5.74) is 0.667. The second kappa shape index (κ2) is 5.06. The van der Waals surface area contributed by atoms with E-state index in [4.69, 9.17) is 6.42 Å². The van der Waals surface area contributed by atoms with Gasteiger partial charge >= 0.3 is 6.03 Å². The molecule has 0 saturated heterocycles. The van der Waals surface area contributed by atoms with Crippen LogP contribution in [0.5, 0.6) is 0 Å². The minimum absolute atomic E-state index is 0.108. The lowest BCUT2D eigenvalue weighted by molar-refractivity contribution is 0.253. The van der Waals surface area contributed by atoms with Gasteiger partial charge in [-0.2, -0.15) is 0 Å². The number of terminal acetylenes is 1. The lowest BCUT2D eigenvalue weighted by atomic mass is 10.2. The number of aromatic nitrogens is 1. The lowest BCUT2D eigenvalue weighted by Crippen LogP contribution is -2.31. The number of aromatic amines is 1. The predicted molar refractivity (Wildman–Crippen MR) is 70.4 cm³/mol. The van der Waals surface area contributed by atoms with Crippen LogP contribution in [0.2, 0.25) is 0 Å². The molecule has 90 valence electrons. The molecule has 1 aromatic carbocycles. The van der Waals surface area contributed by atoms with Crippen molar-refractivity contribution in [3.63, 3.8) is 0 Å². The number of pyridine rings is 1. The van der Waals surface area contributed by atoms with Crippen LogP contribution in [0.4, 0.5) is 10.5 Å². The second-order valence-corrected chi connectivity index (χ2v) is 3.59. The van der Waals surface area contributed by atoms with Gasteiger partial charge in [0.25, 0.3) is 0 Å².